The summed E-state index contributed by atoms with van der Waals surface area (Å²) in [5, 5.41) is 4.41. The Bertz CT molecular complexity index is 1080. The number of aromatic nitrogens is 2. The maximum atomic E-state index is 13.4. The number of fused-ring (bicyclic) bond motifs is 4. The molecule has 1 fully saturated rings. The zero-order valence-electron chi connectivity index (χ0n) is 15.1. The third-order valence-corrected chi connectivity index (χ3v) is 5.98. The average molecular weight is 355 g/mol. The van der Waals surface area contributed by atoms with Crippen molar-refractivity contribution in [2.75, 3.05) is 0 Å². The summed E-state index contributed by atoms with van der Waals surface area (Å²) in [5.41, 5.74) is 4.98. The Hall–Kier alpha value is -3.01. The topological polar surface area (TPSA) is 47.2 Å². The molecule has 1 heterocycles. The highest BCUT2D eigenvalue weighted by molar-refractivity contribution is 5.79. The normalized spacial score (nSPS) is 17.2. The first kappa shape index (κ1) is 16.2. The lowest BCUT2D eigenvalue weighted by atomic mass is 9.68. The van der Waals surface area contributed by atoms with E-state index in [0.29, 0.717) is 0 Å². The van der Waals surface area contributed by atoms with Gasteiger partial charge in [-0.05, 0) is 30.4 Å². The molecule has 0 bridgehead atoms. The van der Waals surface area contributed by atoms with Crippen molar-refractivity contribution in [2.24, 2.45) is 5.10 Å². The maximum absolute atomic E-state index is 13.4. The van der Waals surface area contributed by atoms with Crippen LogP contribution >= 0.6 is 0 Å². The molecule has 0 aliphatic heterocycles. The summed E-state index contributed by atoms with van der Waals surface area (Å²) >= 11 is 0. The van der Waals surface area contributed by atoms with E-state index in [1.165, 1.54) is 23.1 Å². The van der Waals surface area contributed by atoms with Gasteiger partial charge in [0.2, 0.25) is 0 Å². The molecule has 1 spiro atoms. The van der Waals surface area contributed by atoms with Crippen molar-refractivity contribution in [2.45, 2.75) is 37.5 Å². The molecule has 0 saturated heterocycles. The van der Waals surface area contributed by atoms with Crippen LogP contribution in [0.4, 0.5) is 0 Å². The molecule has 0 radical (unpaired) electrons. The van der Waals surface area contributed by atoms with E-state index in [9.17, 15) is 4.79 Å². The van der Waals surface area contributed by atoms with Crippen LogP contribution in [0.15, 0.2) is 70.8 Å². The van der Waals surface area contributed by atoms with Gasteiger partial charge < -0.3 is 0 Å². The van der Waals surface area contributed by atoms with Crippen LogP contribution in [0, 0.1) is 0 Å². The lowest BCUT2D eigenvalue weighted by molar-refractivity contribution is 0.423. The Morgan fingerprint density at radius 1 is 1.00 bits per heavy atom. The molecular formula is C23H21N3O. The Labute approximate surface area is 158 Å². The van der Waals surface area contributed by atoms with Gasteiger partial charge in [0, 0.05) is 11.0 Å². The van der Waals surface area contributed by atoms with Crippen molar-refractivity contribution in [3.8, 4) is 11.3 Å². The van der Waals surface area contributed by atoms with Gasteiger partial charge in [0.1, 0.15) is 6.33 Å². The molecule has 134 valence electrons. The number of hydrogen-bond acceptors (Lipinski definition) is 3. The molecular weight excluding hydrogens is 334 g/mol. The molecule has 1 aromatic heterocycles. The summed E-state index contributed by atoms with van der Waals surface area (Å²) in [6.45, 7) is 0. The van der Waals surface area contributed by atoms with Gasteiger partial charge >= 0.3 is 0 Å². The Balaban J connectivity index is 1.67. The van der Waals surface area contributed by atoms with E-state index in [4.69, 9.17) is 4.98 Å². The molecule has 0 atom stereocenters. The quantitative estimate of drug-likeness (QED) is 0.648. The van der Waals surface area contributed by atoms with Crippen molar-refractivity contribution < 1.29 is 0 Å². The van der Waals surface area contributed by atoms with Crippen LogP contribution < -0.4 is 5.56 Å². The summed E-state index contributed by atoms with van der Waals surface area (Å²) in [5.74, 6) is 0. The molecule has 5 rings (SSSR count). The summed E-state index contributed by atoms with van der Waals surface area (Å²) in [7, 11) is 0. The van der Waals surface area contributed by atoms with Crippen molar-refractivity contribution >= 4 is 6.21 Å². The summed E-state index contributed by atoms with van der Waals surface area (Å²) in [6.07, 6.45) is 8.65. The number of nitrogens with zero attached hydrogens (tertiary/aromatic N) is 3. The maximum Gasteiger partial charge on any atom is 0.278 e. The highest BCUT2D eigenvalue weighted by Gasteiger charge is 2.44. The van der Waals surface area contributed by atoms with Crippen LogP contribution in [0.3, 0.4) is 0 Å². The van der Waals surface area contributed by atoms with Crippen LogP contribution in [0.25, 0.3) is 11.3 Å². The zero-order chi connectivity index (χ0) is 18.3. The monoisotopic (exact) mass is 355 g/mol. The fourth-order valence-electron chi connectivity index (χ4n) is 4.71. The van der Waals surface area contributed by atoms with Crippen molar-refractivity contribution in [1.29, 1.82) is 0 Å². The zero-order valence-corrected chi connectivity index (χ0v) is 15.1. The third kappa shape index (κ3) is 2.64. The second-order valence-corrected chi connectivity index (χ2v) is 7.59. The lowest BCUT2D eigenvalue weighted by Crippen LogP contribution is -2.38. The molecule has 0 amide bonds. The number of rotatable bonds is 2. The fourth-order valence-corrected chi connectivity index (χ4v) is 4.71. The largest absolute Gasteiger partial charge is 0.278 e. The van der Waals surface area contributed by atoms with E-state index in [2.05, 4.69) is 23.3 Å². The SMILES string of the molecule is O=c1c2c(ncn1/N=C\c1ccccc1)-c1ccccc1CC21CCCC1. The molecule has 3 aromatic rings. The first-order chi connectivity index (χ1) is 13.3. The van der Waals surface area contributed by atoms with Gasteiger partial charge in [-0.15, -0.1) is 0 Å². The van der Waals surface area contributed by atoms with Gasteiger partial charge in [-0.3, -0.25) is 4.79 Å². The molecule has 4 nitrogen and oxygen atoms in total. The minimum atomic E-state index is -0.0843. The first-order valence-corrected chi connectivity index (χ1v) is 9.57. The van der Waals surface area contributed by atoms with Gasteiger partial charge in [-0.2, -0.15) is 9.78 Å². The number of benzene rings is 2. The number of hydrogen-bond donors (Lipinski definition) is 0. The Morgan fingerprint density at radius 3 is 2.56 bits per heavy atom. The van der Waals surface area contributed by atoms with Gasteiger partial charge in [0.15, 0.2) is 0 Å². The van der Waals surface area contributed by atoms with Crippen molar-refractivity contribution in [3.05, 3.63) is 88.0 Å². The van der Waals surface area contributed by atoms with Crippen LogP contribution in [0.1, 0.15) is 42.4 Å². The van der Waals surface area contributed by atoms with Gasteiger partial charge in [-0.25, -0.2) is 4.98 Å². The van der Waals surface area contributed by atoms with Gasteiger partial charge in [0.05, 0.1) is 17.5 Å². The predicted octanol–water partition coefficient (Wildman–Crippen LogP) is 4.16. The van der Waals surface area contributed by atoms with E-state index in [1.54, 1.807) is 12.5 Å². The molecule has 0 unspecified atom stereocenters. The standard InChI is InChI=1S/C23H21N3O/c27-22-20-21(24-16-26(22)25-15-17-8-2-1-3-9-17)19-11-5-4-10-18(19)14-23(20)12-6-7-13-23/h1-5,8-11,15-16H,6-7,12-14H2/b25-15-. The van der Waals surface area contributed by atoms with Crippen molar-refractivity contribution in [3.63, 3.8) is 0 Å². The fraction of sp³-hybridized carbons (Fsp3) is 0.261. The van der Waals surface area contributed by atoms with Crippen molar-refractivity contribution in [1.82, 2.24) is 9.66 Å². The molecule has 2 aromatic carbocycles. The molecule has 2 aliphatic carbocycles. The molecule has 27 heavy (non-hydrogen) atoms. The summed E-state index contributed by atoms with van der Waals surface area (Å²) in [6, 6.07) is 18.2. The predicted molar refractivity (Wildman–Crippen MR) is 107 cm³/mol. The van der Waals surface area contributed by atoms with Crippen LogP contribution in [0.2, 0.25) is 0 Å². The average Bonchev–Trinajstić information content (AvgIpc) is 3.16. The van der Waals surface area contributed by atoms with E-state index in [0.717, 1.165) is 41.6 Å². The minimum absolute atomic E-state index is 0.0245. The van der Waals surface area contributed by atoms with E-state index in [1.807, 2.05) is 36.4 Å². The van der Waals surface area contributed by atoms with Gasteiger partial charge in [-0.1, -0.05) is 67.4 Å². The summed E-state index contributed by atoms with van der Waals surface area (Å²) in [4.78, 5) is 18.1. The third-order valence-electron chi connectivity index (χ3n) is 5.98. The second-order valence-electron chi connectivity index (χ2n) is 7.59. The van der Waals surface area contributed by atoms with E-state index < -0.39 is 0 Å². The second kappa shape index (κ2) is 6.31. The molecule has 0 N–H and O–H groups in total. The lowest BCUT2D eigenvalue weighted by Gasteiger charge is -2.35. The smallest absolute Gasteiger partial charge is 0.267 e. The highest BCUT2D eigenvalue weighted by atomic mass is 16.1. The first-order valence-electron chi connectivity index (χ1n) is 9.57. The Kier molecular flexibility index (Phi) is 3.78. The van der Waals surface area contributed by atoms with Crippen LogP contribution in [-0.2, 0) is 11.8 Å². The molecule has 2 aliphatic rings. The van der Waals surface area contributed by atoms with Gasteiger partial charge in [0.25, 0.3) is 5.56 Å². The Morgan fingerprint density at radius 2 is 1.74 bits per heavy atom. The van der Waals surface area contributed by atoms with Crippen LogP contribution in [0.5, 0.6) is 0 Å². The highest BCUT2D eigenvalue weighted by Crippen LogP contribution is 2.49. The summed E-state index contributed by atoms with van der Waals surface area (Å²) < 4.78 is 1.40. The van der Waals surface area contributed by atoms with E-state index in [-0.39, 0.29) is 11.0 Å². The van der Waals surface area contributed by atoms with E-state index >= 15 is 0 Å². The molecule has 1 saturated carbocycles. The minimum Gasteiger partial charge on any atom is -0.267 e. The van der Waals surface area contributed by atoms with Crippen LogP contribution in [-0.4, -0.2) is 15.9 Å². The molecule has 4 heteroatoms.